The molecule has 5 heteroatoms. The number of benzene rings is 1. The summed E-state index contributed by atoms with van der Waals surface area (Å²) in [6.07, 6.45) is 3.06. The van der Waals surface area contributed by atoms with Crippen molar-refractivity contribution in [3.8, 4) is 0 Å². The lowest BCUT2D eigenvalue weighted by Crippen LogP contribution is -2.43. The topological polar surface area (TPSA) is 61.4 Å². The first-order chi connectivity index (χ1) is 9.99. The summed E-state index contributed by atoms with van der Waals surface area (Å²) in [5, 5.41) is 6.12. The Balaban J connectivity index is 2.11. The Kier molecular flexibility index (Phi) is 4.96. The van der Waals surface area contributed by atoms with Gasteiger partial charge in [-0.1, -0.05) is 12.5 Å². The molecule has 0 aliphatic carbocycles. The Bertz CT molecular complexity index is 534. The quantitative estimate of drug-likeness (QED) is 0.891. The molecule has 1 aliphatic rings. The van der Waals surface area contributed by atoms with Gasteiger partial charge in [-0.05, 0) is 44.0 Å². The third-order valence-corrected chi connectivity index (χ3v) is 3.77. The second kappa shape index (κ2) is 6.72. The van der Waals surface area contributed by atoms with Crippen LogP contribution in [0.5, 0.6) is 0 Å². The fraction of sp³-hybridized carbons (Fsp3) is 0.500. The van der Waals surface area contributed by atoms with Crippen LogP contribution in [-0.2, 0) is 4.79 Å². The average molecular weight is 289 g/mol. The third-order valence-electron chi connectivity index (χ3n) is 3.77. The molecule has 0 spiro atoms. The van der Waals surface area contributed by atoms with Crippen molar-refractivity contribution in [2.45, 2.75) is 32.2 Å². The maximum atomic E-state index is 12.2. The lowest BCUT2D eigenvalue weighted by molar-refractivity contribution is -0.118. The maximum absolute atomic E-state index is 12.2. The Morgan fingerprint density at radius 1 is 1.29 bits per heavy atom. The Hall–Kier alpha value is -1.88. The molecule has 0 radical (unpaired) electrons. The summed E-state index contributed by atoms with van der Waals surface area (Å²) in [5.74, 6) is -0.0822. The maximum Gasteiger partial charge on any atom is 0.253 e. The molecule has 1 atom stereocenters. The molecular weight excluding hydrogens is 266 g/mol. The van der Waals surface area contributed by atoms with Gasteiger partial charge in [0.05, 0.1) is 6.04 Å². The number of rotatable bonds is 3. The zero-order chi connectivity index (χ0) is 15.4. The molecule has 0 aromatic heterocycles. The van der Waals surface area contributed by atoms with Gasteiger partial charge in [-0.3, -0.25) is 9.59 Å². The zero-order valence-corrected chi connectivity index (χ0v) is 12.9. The average Bonchev–Trinajstić information content (AvgIpc) is 2.49. The van der Waals surface area contributed by atoms with Gasteiger partial charge in [0.1, 0.15) is 0 Å². The van der Waals surface area contributed by atoms with Crippen molar-refractivity contribution >= 4 is 17.5 Å². The van der Waals surface area contributed by atoms with E-state index in [0.717, 1.165) is 31.4 Å². The Labute approximate surface area is 125 Å². The first-order valence-electron chi connectivity index (χ1n) is 7.35. The highest BCUT2D eigenvalue weighted by molar-refractivity contribution is 5.99. The molecule has 1 aromatic rings. The lowest BCUT2D eigenvalue weighted by atomic mass is 10.0. The number of carbonyl (C=O) groups is 2. The van der Waals surface area contributed by atoms with E-state index in [9.17, 15) is 9.59 Å². The van der Waals surface area contributed by atoms with Crippen molar-refractivity contribution in [3.63, 3.8) is 0 Å². The number of carbonyl (C=O) groups excluding carboxylic acids is 2. The number of nitrogens with one attached hydrogen (secondary N) is 2. The van der Waals surface area contributed by atoms with Crippen LogP contribution in [0.3, 0.4) is 0 Å². The standard InChI is InChI=1S/C16H23N3O2/c1-11-7-8-12(10-13(11)16(21)19(2)3)18-15(20)14-6-4-5-9-17-14/h7-8,10,14,17H,4-6,9H2,1-3H3,(H,18,20). The molecule has 2 rings (SSSR count). The van der Waals surface area contributed by atoms with Crippen LogP contribution in [-0.4, -0.2) is 43.4 Å². The van der Waals surface area contributed by atoms with E-state index in [-0.39, 0.29) is 17.9 Å². The fourth-order valence-corrected chi connectivity index (χ4v) is 2.48. The number of nitrogens with zero attached hydrogens (tertiary/aromatic N) is 1. The highest BCUT2D eigenvalue weighted by Gasteiger charge is 2.21. The van der Waals surface area contributed by atoms with Crippen molar-refractivity contribution in [2.75, 3.05) is 26.0 Å². The third kappa shape index (κ3) is 3.82. The molecule has 0 bridgehead atoms. The van der Waals surface area contributed by atoms with E-state index in [1.807, 2.05) is 19.1 Å². The van der Waals surface area contributed by atoms with Gasteiger partial charge in [-0.25, -0.2) is 0 Å². The van der Waals surface area contributed by atoms with Gasteiger partial charge in [0, 0.05) is 25.3 Å². The van der Waals surface area contributed by atoms with Gasteiger partial charge in [-0.15, -0.1) is 0 Å². The minimum Gasteiger partial charge on any atom is -0.345 e. The van der Waals surface area contributed by atoms with Crippen molar-refractivity contribution in [3.05, 3.63) is 29.3 Å². The zero-order valence-electron chi connectivity index (χ0n) is 12.9. The van der Waals surface area contributed by atoms with E-state index in [0.29, 0.717) is 11.3 Å². The summed E-state index contributed by atoms with van der Waals surface area (Å²) in [7, 11) is 3.44. The fourth-order valence-electron chi connectivity index (χ4n) is 2.48. The molecule has 0 saturated carbocycles. The summed E-state index contributed by atoms with van der Waals surface area (Å²) in [4.78, 5) is 25.8. The first kappa shape index (κ1) is 15.5. The monoisotopic (exact) mass is 289 g/mol. The summed E-state index contributed by atoms with van der Waals surface area (Å²) in [6, 6.07) is 5.31. The molecule has 1 aromatic carbocycles. The number of amides is 2. The van der Waals surface area contributed by atoms with E-state index < -0.39 is 0 Å². The van der Waals surface area contributed by atoms with Crippen LogP contribution in [0.2, 0.25) is 0 Å². The number of piperidine rings is 1. The smallest absolute Gasteiger partial charge is 0.253 e. The van der Waals surface area contributed by atoms with E-state index in [1.165, 1.54) is 4.90 Å². The summed E-state index contributed by atoms with van der Waals surface area (Å²) >= 11 is 0. The second-order valence-corrected chi connectivity index (χ2v) is 5.72. The first-order valence-corrected chi connectivity index (χ1v) is 7.35. The predicted octanol–water partition coefficient (Wildman–Crippen LogP) is 1.78. The van der Waals surface area contributed by atoms with Crippen LogP contribution < -0.4 is 10.6 Å². The molecule has 2 amide bonds. The molecule has 1 aliphatic heterocycles. The summed E-state index contributed by atoms with van der Waals surface area (Å²) in [5.41, 5.74) is 2.19. The van der Waals surface area contributed by atoms with Gasteiger partial charge in [0.2, 0.25) is 5.91 Å². The van der Waals surface area contributed by atoms with E-state index in [2.05, 4.69) is 10.6 Å². The van der Waals surface area contributed by atoms with E-state index >= 15 is 0 Å². The van der Waals surface area contributed by atoms with Crippen LogP contribution in [0.25, 0.3) is 0 Å². The SMILES string of the molecule is Cc1ccc(NC(=O)C2CCCCN2)cc1C(=O)N(C)C. The number of hydrogen-bond donors (Lipinski definition) is 2. The minimum absolute atomic E-state index is 0.0261. The van der Waals surface area contributed by atoms with Crippen LogP contribution in [0.1, 0.15) is 35.2 Å². The molecule has 1 heterocycles. The summed E-state index contributed by atoms with van der Waals surface area (Å²) in [6.45, 7) is 2.78. The van der Waals surface area contributed by atoms with E-state index in [4.69, 9.17) is 0 Å². The van der Waals surface area contributed by atoms with Crippen molar-refractivity contribution in [2.24, 2.45) is 0 Å². The molecule has 2 N–H and O–H groups in total. The molecule has 114 valence electrons. The van der Waals surface area contributed by atoms with Crippen LogP contribution in [0, 0.1) is 6.92 Å². The van der Waals surface area contributed by atoms with Gasteiger partial charge in [0.15, 0.2) is 0 Å². The highest BCUT2D eigenvalue weighted by Crippen LogP contribution is 2.18. The van der Waals surface area contributed by atoms with Gasteiger partial charge >= 0.3 is 0 Å². The number of hydrogen-bond acceptors (Lipinski definition) is 3. The van der Waals surface area contributed by atoms with Crippen LogP contribution in [0.15, 0.2) is 18.2 Å². The largest absolute Gasteiger partial charge is 0.345 e. The second-order valence-electron chi connectivity index (χ2n) is 5.72. The Morgan fingerprint density at radius 2 is 2.05 bits per heavy atom. The van der Waals surface area contributed by atoms with Crippen molar-refractivity contribution in [1.29, 1.82) is 0 Å². The summed E-state index contributed by atoms with van der Waals surface area (Å²) < 4.78 is 0. The van der Waals surface area contributed by atoms with Crippen LogP contribution in [0.4, 0.5) is 5.69 Å². The van der Waals surface area contributed by atoms with Gasteiger partial charge in [-0.2, -0.15) is 0 Å². The normalized spacial score (nSPS) is 18.1. The van der Waals surface area contributed by atoms with Crippen molar-refractivity contribution in [1.82, 2.24) is 10.2 Å². The van der Waals surface area contributed by atoms with Crippen LogP contribution >= 0.6 is 0 Å². The molecule has 1 saturated heterocycles. The molecule has 5 nitrogen and oxygen atoms in total. The van der Waals surface area contributed by atoms with Crippen molar-refractivity contribution < 1.29 is 9.59 Å². The van der Waals surface area contributed by atoms with Gasteiger partial charge in [0.25, 0.3) is 5.91 Å². The van der Waals surface area contributed by atoms with Gasteiger partial charge < -0.3 is 15.5 Å². The molecule has 1 unspecified atom stereocenters. The Morgan fingerprint density at radius 3 is 2.67 bits per heavy atom. The number of aryl methyl sites for hydroxylation is 1. The van der Waals surface area contributed by atoms with E-state index in [1.54, 1.807) is 20.2 Å². The number of anilines is 1. The predicted molar refractivity (Wildman–Crippen MR) is 83.5 cm³/mol. The molecular formula is C16H23N3O2. The molecule has 21 heavy (non-hydrogen) atoms. The minimum atomic E-state index is -0.131. The highest BCUT2D eigenvalue weighted by atomic mass is 16.2. The molecule has 1 fully saturated rings. The lowest BCUT2D eigenvalue weighted by Gasteiger charge is -2.22.